The summed E-state index contributed by atoms with van der Waals surface area (Å²) >= 11 is 0. The van der Waals surface area contributed by atoms with Gasteiger partial charge in [-0.05, 0) is 24.8 Å². The van der Waals surface area contributed by atoms with Crippen molar-refractivity contribution in [1.29, 1.82) is 0 Å². The highest BCUT2D eigenvalue weighted by molar-refractivity contribution is 5.67. The van der Waals surface area contributed by atoms with Crippen LogP contribution in [0.15, 0.2) is 30.3 Å². The van der Waals surface area contributed by atoms with Crippen LogP contribution >= 0.6 is 0 Å². The molecular weight excluding hydrogens is 228 g/mol. The number of carbonyl (C=O) groups excluding carboxylic acids is 1. The van der Waals surface area contributed by atoms with Gasteiger partial charge in [-0.15, -0.1) is 0 Å². The van der Waals surface area contributed by atoms with Crippen LogP contribution in [0.3, 0.4) is 0 Å². The molecule has 2 N–H and O–H groups in total. The van der Waals surface area contributed by atoms with Gasteiger partial charge in [0.1, 0.15) is 6.61 Å². The molecule has 0 aromatic heterocycles. The molecule has 2 fully saturated rings. The Hall–Kier alpha value is -1.55. The molecule has 1 aromatic carbocycles. The van der Waals surface area contributed by atoms with Crippen molar-refractivity contribution in [2.75, 3.05) is 0 Å². The summed E-state index contributed by atoms with van der Waals surface area (Å²) in [5.74, 6) is 0. The third-order valence-electron chi connectivity index (χ3n) is 3.82. The lowest BCUT2D eigenvalue weighted by molar-refractivity contribution is 0.134. The highest BCUT2D eigenvalue weighted by Crippen LogP contribution is 2.28. The summed E-state index contributed by atoms with van der Waals surface area (Å²) in [4.78, 5) is 11.7. The molecule has 2 aliphatic heterocycles. The molecule has 0 radical (unpaired) electrons. The molecule has 0 unspecified atom stereocenters. The van der Waals surface area contributed by atoms with E-state index in [9.17, 15) is 4.79 Å². The summed E-state index contributed by atoms with van der Waals surface area (Å²) in [6, 6.07) is 11.0. The van der Waals surface area contributed by atoms with E-state index in [4.69, 9.17) is 4.74 Å². The molecule has 2 aliphatic rings. The average Bonchev–Trinajstić information content (AvgIpc) is 3.00. The van der Waals surface area contributed by atoms with Crippen LogP contribution in [0.1, 0.15) is 24.8 Å². The smallest absolute Gasteiger partial charge is 0.407 e. The van der Waals surface area contributed by atoms with E-state index in [0.717, 1.165) is 18.4 Å². The second-order valence-electron chi connectivity index (χ2n) is 5.10. The third-order valence-corrected chi connectivity index (χ3v) is 3.82. The molecule has 0 saturated carbocycles. The van der Waals surface area contributed by atoms with Crippen LogP contribution in [-0.4, -0.2) is 24.2 Å². The fourth-order valence-electron chi connectivity index (χ4n) is 2.90. The van der Waals surface area contributed by atoms with E-state index >= 15 is 0 Å². The van der Waals surface area contributed by atoms with Crippen molar-refractivity contribution in [1.82, 2.24) is 10.6 Å². The van der Waals surface area contributed by atoms with Crippen molar-refractivity contribution in [3.05, 3.63) is 35.9 Å². The number of hydrogen-bond donors (Lipinski definition) is 2. The van der Waals surface area contributed by atoms with E-state index in [1.165, 1.54) is 6.42 Å². The molecule has 0 aliphatic carbocycles. The largest absolute Gasteiger partial charge is 0.445 e. The summed E-state index contributed by atoms with van der Waals surface area (Å²) in [6.45, 7) is 0.334. The van der Waals surface area contributed by atoms with Crippen molar-refractivity contribution >= 4 is 6.09 Å². The van der Waals surface area contributed by atoms with Gasteiger partial charge in [0, 0.05) is 18.1 Å². The van der Waals surface area contributed by atoms with Gasteiger partial charge in [0.2, 0.25) is 0 Å². The molecule has 2 saturated heterocycles. The minimum atomic E-state index is -0.307. The number of hydrogen-bond acceptors (Lipinski definition) is 3. The van der Waals surface area contributed by atoms with Crippen molar-refractivity contribution in [3.8, 4) is 0 Å². The van der Waals surface area contributed by atoms with Crippen LogP contribution in [-0.2, 0) is 11.3 Å². The van der Waals surface area contributed by atoms with Crippen LogP contribution in [0.2, 0.25) is 0 Å². The molecule has 2 heterocycles. The number of ether oxygens (including phenoxy) is 1. The predicted molar refractivity (Wildman–Crippen MR) is 68.1 cm³/mol. The molecular formula is C14H18N2O2. The molecule has 0 spiro atoms. The Balaban J connectivity index is 1.45. The lowest BCUT2D eigenvalue weighted by Crippen LogP contribution is -2.43. The van der Waals surface area contributed by atoms with Crippen LogP contribution in [0.4, 0.5) is 4.79 Å². The fourth-order valence-corrected chi connectivity index (χ4v) is 2.90. The Morgan fingerprint density at radius 1 is 1.33 bits per heavy atom. The molecule has 1 amide bonds. The number of nitrogens with one attached hydrogen (secondary N) is 2. The zero-order chi connectivity index (χ0) is 12.4. The van der Waals surface area contributed by atoms with Gasteiger partial charge in [0.25, 0.3) is 0 Å². The van der Waals surface area contributed by atoms with Crippen molar-refractivity contribution < 1.29 is 9.53 Å². The monoisotopic (exact) mass is 246 g/mol. The van der Waals surface area contributed by atoms with E-state index in [-0.39, 0.29) is 12.1 Å². The van der Waals surface area contributed by atoms with Gasteiger partial charge in [-0.3, -0.25) is 0 Å². The van der Waals surface area contributed by atoms with Gasteiger partial charge in [0.15, 0.2) is 0 Å². The van der Waals surface area contributed by atoms with Crippen LogP contribution in [0.25, 0.3) is 0 Å². The van der Waals surface area contributed by atoms with Gasteiger partial charge < -0.3 is 15.4 Å². The van der Waals surface area contributed by atoms with Gasteiger partial charge in [-0.2, -0.15) is 0 Å². The van der Waals surface area contributed by atoms with Gasteiger partial charge in [0.05, 0.1) is 0 Å². The topological polar surface area (TPSA) is 50.4 Å². The SMILES string of the molecule is O=C(N[C@@H]1C[C@@H]2CC[C@H]1N2)OCc1ccccc1. The number of carbonyl (C=O) groups is 1. The maximum atomic E-state index is 11.7. The molecule has 18 heavy (non-hydrogen) atoms. The molecule has 4 nitrogen and oxygen atoms in total. The Morgan fingerprint density at radius 3 is 2.83 bits per heavy atom. The summed E-state index contributed by atoms with van der Waals surface area (Å²) in [6.07, 6.45) is 3.12. The van der Waals surface area contributed by atoms with E-state index in [0.29, 0.717) is 18.7 Å². The Kier molecular flexibility index (Phi) is 3.19. The minimum Gasteiger partial charge on any atom is -0.445 e. The highest BCUT2D eigenvalue weighted by atomic mass is 16.5. The van der Waals surface area contributed by atoms with Crippen molar-refractivity contribution in [3.63, 3.8) is 0 Å². The number of benzene rings is 1. The van der Waals surface area contributed by atoms with Crippen molar-refractivity contribution in [2.45, 2.75) is 44.0 Å². The maximum Gasteiger partial charge on any atom is 0.407 e. The lowest BCUT2D eigenvalue weighted by atomic mass is 9.96. The second kappa shape index (κ2) is 4.98. The van der Waals surface area contributed by atoms with Gasteiger partial charge >= 0.3 is 6.09 Å². The fraction of sp³-hybridized carbons (Fsp3) is 0.500. The quantitative estimate of drug-likeness (QED) is 0.855. The first-order valence-corrected chi connectivity index (χ1v) is 6.54. The summed E-state index contributed by atoms with van der Waals surface area (Å²) in [5.41, 5.74) is 1.01. The van der Waals surface area contributed by atoms with Gasteiger partial charge in [-0.25, -0.2) is 4.79 Å². The molecule has 96 valence electrons. The first-order valence-electron chi connectivity index (χ1n) is 6.54. The number of alkyl carbamates (subject to hydrolysis) is 1. The standard InChI is InChI=1S/C14H18N2O2/c17-14(18-9-10-4-2-1-3-5-10)16-13-8-11-6-7-12(13)15-11/h1-5,11-13,15H,6-9H2,(H,16,17)/t11-,12+,13+/m0/s1. The first-order chi connectivity index (χ1) is 8.81. The van der Waals surface area contributed by atoms with Crippen LogP contribution in [0.5, 0.6) is 0 Å². The Morgan fingerprint density at radius 2 is 2.17 bits per heavy atom. The number of fused-ring (bicyclic) bond motifs is 2. The molecule has 3 rings (SSSR count). The van der Waals surface area contributed by atoms with Crippen molar-refractivity contribution in [2.24, 2.45) is 0 Å². The van der Waals surface area contributed by atoms with E-state index in [1.807, 2.05) is 30.3 Å². The molecule has 1 aromatic rings. The Bertz CT molecular complexity index is 421. The Labute approximate surface area is 107 Å². The normalized spacial score (nSPS) is 29.2. The van der Waals surface area contributed by atoms with E-state index < -0.39 is 0 Å². The molecule has 2 bridgehead atoms. The maximum absolute atomic E-state index is 11.7. The summed E-state index contributed by atoms with van der Waals surface area (Å²) in [5, 5.41) is 6.44. The predicted octanol–water partition coefficient (Wildman–Crippen LogP) is 1.81. The zero-order valence-electron chi connectivity index (χ0n) is 10.3. The summed E-state index contributed by atoms with van der Waals surface area (Å²) in [7, 11) is 0. The lowest BCUT2D eigenvalue weighted by Gasteiger charge is -2.21. The van der Waals surface area contributed by atoms with E-state index in [1.54, 1.807) is 0 Å². The average molecular weight is 246 g/mol. The minimum absolute atomic E-state index is 0.243. The third kappa shape index (κ3) is 2.48. The number of amides is 1. The van der Waals surface area contributed by atoms with E-state index in [2.05, 4.69) is 10.6 Å². The molecule has 4 heteroatoms. The zero-order valence-corrected chi connectivity index (χ0v) is 10.3. The molecule has 3 atom stereocenters. The summed E-state index contributed by atoms with van der Waals surface area (Å²) < 4.78 is 5.22. The van der Waals surface area contributed by atoms with Crippen LogP contribution < -0.4 is 10.6 Å². The van der Waals surface area contributed by atoms with Gasteiger partial charge in [-0.1, -0.05) is 30.3 Å². The number of rotatable bonds is 3. The second-order valence-corrected chi connectivity index (χ2v) is 5.10. The first kappa shape index (κ1) is 11.5. The van der Waals surface area contributed by atoms with Crippen LogP contribution in [0, 0.1) is 0 Å². The highest BCUT2D eigenvalue weighted by Gasteiger charge is 2.39.